The van der Waals surface area contributed by atoms with Crippen molar-refractivity contribution in [3.05, 3.63) is 36.4 Å². The second-order valence-electron chi connectivity index (χ2n) is 15.3. The molecule has 0 saturated heterocycles. The lowest BCUT2D eigenvalue weighted by Gasteiger charge is -2.06. The van der Waals surface area contributed by atoms with Crippen LogP contribution < -0.4 is 0 Å². The van der Waals surface area contributed by atoms with E-state index in [0.29, 0.717) is 37.6 Å². The van der Waals surface area contributed by atoms with Gasteiger partial charge in [-0.2, -0.15) is 11.8 Å². The minimum Gasteiger partial charge on any atom is -0.466 e. The van der Waals surface area contributed by atoms with Crippen molar-refractivity contribution in [2.24, 2.45) is 0 Å². The zero-order chi connectivity index (χ0) is 38.4. The Morgan fingerprint density at radius 2 is 0.547 bits per heavy atom. The Kier molecular flexibility index (Phi) is 45.4. The maximum Gasteiger partial charge on any atom is 0.306 e. The molecule has 0 N–H and O–H groups in total. The summed E-state index contributed by atoms with van der Waals surface area (Å²) in [5.74, 6) is 1.21. The van der Waals surface area contributed by atoms with Gasteiger partial charge in [-0.15, -0.1) is 0 Å². The Morgan fingerprint density at radius 3 is 0.774 bits per heavy atom. The number of benzene rings is 1. The molecular formula is C48H88O4S. The summed E-state index contributed by atoms with van der Waals surface area (Å²) in [6, 6.07) is 12.0. The molecule has 0 heterocycles. The molecule has 1 aromatic rings. The zero-order valence-corrected chi connectivity index (χ0v) is 36.2. The van der Waals surface area contributed by atoms with Gasteiger partial charge in [0.05, 0.1) is 26.1 Å². The van der Waals surface area contributed by atoms with Gasteiger partial charge in [0.25, 0.3) is 0 Å². The average Bonchev–Trinajstić information content (AvgIpc) is 3.18. The topological polar surface area (TPSA) is 52.6 Å². The van der Waals surface area contributed by atoms with E-state index in [0.717, 1.165) is 25.7 Å². The molecule has 53 heavy (non-hydrogen) atoms. The Bertz CT molecular complexity index is 753. The second-order valence-corrected chi connectivity index (χ2v) is 16.5. The minimum atomic E-state index is -0.107. The van der Waals surface area contributed by atoms with Crippen molar-refractivity contribution in [2.75, 3.05) is 24.7 Å². The van der Waals surface area contributed by atoms with Gasteiger partial charge in [0.15, 0.2) is 0 Å². The van der Waals surface area contributed by atoms with Crippen LogP contribution in [0.5, 0.6) is 0 Å². The van der Waals surface area contributed by atoms with Crippen molar-refractivity contribution in [1.29, 1.82) is 0 Å². The molecule has 4 nitrogen and oxygen atoms in total. The Hall–Kier alpha value is -1.49. The SMILES string of the molecule is CCCCCCCCCCCCCCCCCCOC(=O)CCSCCC(=O)OCCCCCCCCCCCCCCCCCC.c1ccccc1. The first-order valence-electron chi connectivity index (χ1n) is 23.1. The van der Waals surface area contributed by atoms with Crippen LogP contribution in [0.4, 0.5) is 0 Å². The molecule has 1 aromatic carbocycles. The molecule has 0 bridgehead atoms. The number of esters is 2. The number of carbonyl (C=O) groups excluding carboxylic acids is 2. The molecule has 0 atom stereocenters. The lowest BCUT2D eigenvalue weighted by atomic mass is 10.0. The minimum absolute atomic E-state index is 0.107. The van der Waals surface area contributed by atoms with Crippen LogP contribution >= 0.6 is 11.8 Å². The summed E-state index contributed by atoms with van der Waals surface area (Å²) in [5, 5.41) is 0. The summed E-state index contributed by atoms with van der Waals surface area (Å²) in [6.07, 6.45) is 44.0. The number of hydrogen-bond donors (Lipinski definition) is 0. The first kappa shape index (κ1) is 51.5. The Labute approximate surface area is 334 Å². The third-order valence-electron chi connectivity index (χ3n) is 10.1. The van der Waals surface area contributed by atoms with Gasteiger partial charge in [0.1, 0.15) is 0 Å². The van der Waals surface area contributed by atoms with Crippen molar-refractivity contribution in [2.45, 2.75) is 232 Å². The molecule has 0 aliphatic rings. The summed E-state index contributed by atoms with van der Waals surface area (Å²) in [7, 11) is 0. The van der Waals surface area contributed by atoms with Gasteiger partial charge >= 0.3 is 11.9 Å². The molecule has 0 aromatic heterocycles. The van der Waals surface area contributed by atoms with Gasteiger partial charge < -0.3 is 9.47 Å². The Morgan fingerprint density at radius 1 is 0.340 bits per heavy atom. The van der Waals surface area contributed by atoms with E-state index in [-0.39, 0.29) is 11.9 Å². The summed E-state index contributed by atoms with van der Waals surface area (Å²) in [4.78, 5) is 23.9. The Balaban J connectivity index is 0.00000405. The fourth-order valence-corrected chi connectivity index (χ4v) is 7.44. The highest BCUT2D eigenvalue weighted by atomic mass is 32.2. The van der Waals surface area contributed by atoms with Crippen LogP contribution in [0, 0.1) is 0 Å². The van der Waals surface area contributed by atoms with E-state index in [1.807, 2.05) is 36.4 Å². The van der Waals surface area contributed by atoms with E-state index in [1.54, 1.807) is 11.8 Å². The van der Waals surface area contributed by atoms with Crippen LogP contribution in [0.1, 0.15) is 232 Å². The monoisotopic (exact) mass is 761 g/mol. The van der Waals surface area contributed by atoms with Crippen LogP contribution in [-0.2, 0) is 19.1 Å². The number of carbonyl (C=O) groups is 2. The molecule has 0 spiro atoms. The molecule has 0 saturated carbocycles. The van der Waals surface area contributed by atoms with E-state index >= 15 is 0 Å². The largest absolute Gasteiger partial charge is 0.466 e. The van der Waals surface area contributed by atoms with Gasteiger partial charge in [-0.3, -0.25) is 9.59 Å². The number of thioether (sulfide) groups is 1. The van der Waals surface area contributed by atoms with E-state index in [2.05, 4.69) is 13.8 Å². The fourth-order valence-electron chi connectivity index (χ4n) is 6.61. The van der Waals surface area contributed by atoms with Crippen molar-refractivity contribution < 1.29 is 19.1 Å². The van der Waals surface area contributed by atoms with Crippen LogP contribution in [0.25, 0.3) is 0 Å². The van der Waals surface area contributed by atoms with Crippen molar-refractivity contribution >= 4 is 23.7 Å². The van der Waals surface area contributed by atoms with E-state index in [9.17, 15) is 9.59 Å². The predicted molar refractivity (Wildman–Crippen MR) is 234 cm³/mol. The summed E-state index contributed by atoms with van der Waals surface area (Å²) < 4.78 is 10.8. The number of unbranched alkanes of at least 4 members (excludes halogenated alkanes) is 30. The molecule has 0 aliphatic carbocycles. The maximum atomic E-state index is 12.0. The van der Waals surface area contributed by atoms with Gasteiger partial charge in [-0.1, -0.05) is 243 Å². The summed E-state index contributed by atoms with van der Waals surface area (Å²) >= 11 is 1.64. The first-order valence-corrected chi connectivity index (χ1v) is 24.2. The van der Waals surface area contributed by atoms with Crippen LogP contribution in [0.15, 0.2) is 36.4 Å². The quantitative estimate of drug-likeness (QED) is 0.0492. The highest BCUT2D eigenvalue weighted by molar-refractivity contribution is 7.99. The standard InChI is InChI=1S/C42H82O4S.C6H6/c1-3-5-7-9-11-13-15-17-19-21-23-25-27-29-31-33-37-45-41(43)35-39-47-40-36-42(44)46-38-34-32-30-28-26-24-22-20-18-16-14-12-10-8-6-4-2;1-2-4-6-5-3-1/h3-40H2,1-2H3;1-6H. The highest BCUT2D eigenvalue weighted by Gasteiger charge is 2.06. The zero-order valence-electron chi connectivity index (χ0n) is 35.4. The van der Waals surface area contributed by atoms with Gasteiger partial charge in [-0.05, 0) is 12.8 Å². The van der Waals surface area contributed by atoms with E-state index in [4.69, 9.17) is 9.47 Å². The molecular weight excluding hydrogens is 673 g/mol. The third-order valence-corrected chi connectivity index (χ3v) is 11.1. The third kappa shape index (κ3) is 46.6. The average molecular weight is 761 g/mol. The summed E-state index contributed by atoms with van der Waals surface area (Å²) in [5.41, 5.74) is 0. The van der Waals surface area contributed by atoms with Crippen LogP contribution in [0.3, 0.4) is 0 Å². The lowest BCUT2D eigenvalue weighted by molar-refractivity contribution is -0.144. The number of rotatable bonds is 40. The van der Waals surface area contributed by atoms with Crippen LogP contribution in [-0.4, -0.2) is 36.7 Å². The molecule has 0 fully saturated rings. The van der Waals surface area contributed by atoms with E-state index in [1.165, 1.54) is 180 Å². The normalized spacial score (nSPS) is 10.9. The van der Waals surface area contributed by atoms with Gasteiger partial charge in [0, 0.05) is 11.5 Å². The molecule has 0 aliphatic heterocycles. The number of hydrogen-bond acceptors (Lipinski definition) is 5. The first-order chi connectivity index (χ1) is 26.2. The lowest BCUT2D eigenvalue weighted by Crippen LogP contribution is -2.09. The van der Waals surface area contributed by atoms with Gasteiger partial charge in [-0.25, -0.2) is 0 Å². The molecule has 0 amide bonds. The maximum absolute atomic E-state index is 12.0. The van der Waals surface area contributed by atoms with E-state index < -0.39 is 0 Å². The van der Waals surface area contributed by atoms with Crippen LogP contribution in [0.2, 0.25) is 0 Å². The molecule has 1 rings (SSSR count). The smallest absolute Gasteiger partial charge is 0.306 e. The second kappa shape index (κ2) is 46.7. The molecule has 0 unspecified atom stereocenters. The molecule has 0 radical (unpaired) electrons. The fraction of sp³-hybridized carbons (Fsp3) is 0.833. The number of ether oxygens (including phenoxy) is 2. The van der Waals surface area contributed by atoms with Crippen molar-refractivity contribution in [1.82, 2.24) is 0 Å². The molecule has 310 valence electrons. The molecule has 5 heteroatoms. The van der Waals surface area contributed by atoms with Crippen molar-refractivity contribution in [3.63, 3.8) is 0 Å². The summed E-state index contributed by atoms with van der Waals surface area (Å²) in [6.45, 7) is 5.67. The van der Waals surface area contributed by atoms with Gasteiger partial charge in [0.2, 0.25) is 0 Å². The highest BCUT2D eigenvalue weighted by Crippen LogP contribution is 2.16. The van der Waals surface area contributed by atoms with Crippen molar-refractivity contribution in [3.8, 4) is 0 Å². The predicted octanol–water partition coefficient (Wildman–Crippen LogP) is 15.8.